The predicted molar refractivity (Wildman–Crippen MR) is 48.1 cm³/mol. The summed E-state index contributed by atoms with van der Waals surface area (Å²) in [6.07, 6.45) is 4.52. The summed E-state index contributed by atoms with van der Waals surface area (Å²) in [5.41, 5.74) is 1.43. The molecule has 0 radical (unpaired) electrons. The largest absolute Gasteiger partial charge is 0.245 e. The average molecular weight is 193 g/mol. The molecule has 2 aromatic rings. The Hall–Kier alpha value is -1.55. The summed E-state index contributed by atoms with van der Waals surface area (Å²) >= 11 is 5.70. The maximum absolute atomic E-state index is 5.70. The van der Waals surface area contributed by atoms with Gasteiger partial charge in [0.1, 0.15) is 17.8 Å². The van der Waals surface area contributed by atoms with Crippen molar-refractivity contribution in [3.05, 3.63) is 36.1 Å². The van der Waals surface area contributed by atoms with E-state index in [0.29, 0.717) is 10.8 Å². The van der Waals surface area contributed by atoms with Gasteiger partial charge in [0, 0.05) is 12.3 Å². The highest BCUT2D eigenvalue weighted by atomic mass is 35.5. The fourth-order valence-corrected chi connectivity index (χ4v) is 1.06. The van der Waals surface area contributed by atoms with Crippen LogP contribution in [0.15, 0.2) is 31.0 Å². The van der Waals surface area contributed by atoms with Crippen molar-refractivity contribution in [2.75, 3.05) is 0 Å². The maximum Gasteiger partial charge on any atom is 0.133 e. The molecule has 64 valence electrons. The lowest BCUT2D eigenvalue weighted by Crippen LogP contribution is -1.88. The Labute approximate surface area is 79.7 Å². The van der Waals surface area contributed by atoms with Crippen LogP contribution in [-0.4, -0.2) is 19.9 Å². The molecule has 0 saturated carbocycles. The van der Waals surface area contributed by atoms with E-state index in [-0.39, 0.29) is 0 Å². The van der Waals surface area contributed by atoms with Crippen molar-refractivity contribution < 1.29 is 0 Å². The second kappa shape index (κ2) is 3.45. The molecule has 0 atom stereocenters. The molecule has 0 aliphatic rings. The van der Waals surface area contributed by atoms with E-state index >= 15 is 0 Å². The Kier molecular flexibility index (Phi) is 2.14. The Bertz CT molecular complexity index is 404. The Morgan fingerprint density at radius 3 is 2.54 bits per heavy atom. The van der Waals surface area contributed by atoms with Gasteiger partial charge in [0.25, 0.3) is 0 Å². The lowest BCUT2D eigenvalue weighted by Gasteiger charge is -1.97. The second-order valence-corrected chi connectivity index (χ2v) is 2.71. The van der Waals surface area contributed by atoms with Crippen molar-refractivity contribution in [3.63, 3.8) is 0 Å². The van der Waals surface area contributed by atoms with Crippen molar-refractivity contribution >= 4 is 11.6 Å². The highest BCUT2D eigenvalue weighted by molar-refractivity contribution is 6.29. The minimum absolute atomic E-state index is 0.406. The van der Waals surface area contributed by atoms with Gasteiger partial charge in [-0.15, -0.1) is 0 Å². The number of aromatic nitrogens is 4. The molecule has 0 spiro atoms. The summed E-state index contributed by atoms with van der Waals surface area (Å²) in [5, 5.41) is 0.406. The highest BCUT2D eigenvalue weighted by Gasteiger charge is 2.00. The molecule has 5 heteroatoms. The van der Waals surface area contributed by atoms with Crippen molar-refractivity contribution in [2.24, 2.45) is 0 Å². The van der Waals surface area contributed by atoms with Gasteiger partial charge in [-0.05, 0) is 6.07 Å². The number of rotatable bonds is 1. The van der Waals surface area contributed by atoms with Crippen LogP contribution < -0.4 is 0 Å². The molecular formula is C8H5ClN4. The molecule has 0 aliphatic carbocycles. The second-order valence-electron chi connectivity index (χ2n) is 2.32. The standard InChI is InChI=1S/C8H5ClN4/c9-8-3-7(12-5-13-8)6-1-2-10-4-11-6/h1-5H. The van der Waals surface area contributed by atoms with Crippen LogP contribution in [0.4, 0.5) is 0 Å². The normalized spacial score (nSPS) is 9.92. The van der Waals surface area contributed by atoms with Gasteiger partial charge in [-0.1, -0.05) is 11.6 Å². The van der Waals surface area contributed by atoms with E-state index in [1.165, 1.54) is 12.7 Å². The first kappa shape index (κ1) is 8.07. The van der Waals surface area contributed by atoms with Crippen molar-refractivity contribution in [1.82, 2.24) is 19.9 Å². The molecule has 13 heavy (non-hydrogen) atoms. The van der Waals surface area contributed by atoms with E-state index in [1.807, 2.05) is 0 Å². The third-order valence-corrected chi connectivity index (χ3v) is 1.68. The zero-order chi connectivity index (χ0) is 9.10. The van der Waals surface area contributed by atoms with Gasteiger partial charge >= 0.3 is 0 Å². The SMILES string of the molecule is Clc1cc(-c2ccncn2)ncn1. The van der Waals surface area contributed by atoms with Crippen LogP contribution in [-0.2, 0) is 0 Å². The van der Waals surface area contributed by atoms with Crippen molar-refractivity contribution in [3.8, 4) is 11.4 Å². The summed E-state index contributed by atoms with van der Waals surface area (Å²) in [7, 11) is 0. The number of halogens is 1. The van der Waals surface area contributed by atoms with E-state index in [0.717, 1.165) is 5.69 Å². The quantitative estimate of drug-likeness (QED) is 0.644. The number of hydrogen-bond donors (Lipinski definition) is 0. The van der Waals surface area contributed by atoms with Gasteiger partial charge in [0.15, 0.2) is 0 Å². The van der Waals surface area contributed by atoms with Gasteiger partial charge in [-0.3, -0.25) is 0 Å². The van der Waals surface area contributed by atoms with Gasteiger partial charge in [0.05, 0.1) is 11.4 Å². The first-order valence-corrected chi connectivity index (χ1v) is 3.98. The highest BCUT2D eigenvalue weighted by Crippen LogP contribution is 2.14. The van der Waals surface area contributed by atoms with E-state index in [1.54, 1.807) is 18.3 Å². The van der Waals surface area contributed by atoms with E-state index in [9.17, 15) is 0 Å². The third-order valence-electron chi connectivity index (χ3n) is 1.48. The Morgan fingerprint density at radius 1 is 1.00 bits per heavy atom. The van der Waals surface area contributed by atoms with Crippen molar-refractivity contribution in [2.45, 2.75) is 0 Å². The topological polar surface area (TPSA) is 51.6 Å². The van der Waals surface area contributed by atoms with Crippen LogP contribution >= 0.6 is 11.6 Å². The van der Waals surface area contributed by atoms with Crippen LogP contribution in [0.2, 0.25) is 5.15 Å². The molecule has 0 bridgehead atoms. The minimum Gasteiger partial charge on any atom is -0.245 e. The molecule has 0 fully saturated rings. The van der Waals surface area contributed by atoms with Gasteiger partial charge in [-0.25, -0.2) is 19.9 Å². The molecule has 2 rings (SSSR count). The zero-order valence-corrected chi connectivity index (χ0v) is 7.31. The predicted octanol–water partition coefficient (Wildman–Crippen LogP) is 1.59. The van der Waals surface area contributed by atoms with Crippen LogP contribution in [0.1, 0.15) is 0 Å². The van der Waals surface area contributed by atoms with E-state index < -0.39 is 0 Å². The lowest BCUT2D eigenvalue weighted by atomic mass is 10.3. The third kappa shape index (κ3) is 1.78. The monoisotopic (exact) mass is 192 g/mol. The van der Waals surface area contributed by atoms with E-state index in [4.69, 9.17) is 11.6 Å². The summed E-state index contributed by atoms with van der Waals surface area (Å²) in [4.78, 5) is 15.6. The first-order chi connectivity index (χ1) is 6.36. The fourth-order valence-electron chi connectivity index (χ4n) is 0.916. The van der Waals surface area contributed by atoms with Gasteiger partial charge in [-0.2, -0.15) is 0 Å². The lowest BCUT2D eigenvalue weighted by molar-refractivity contribution is 1.12. The van der Waals surface area contributed by atoms with Gasteiger partial charge < -0.3 is 0 Å². The number of nitrogens with zero attached hydrogens (tertiary/aromatic N) is 4. The summed E-state index contributed by atoms with van der Waals surface area (Å²) in [6.45, 7) is 0. The molecule has 4 nitrogen and oxygen atoms in total. The molecule has 2 aromatic heterocycles. The molecule has 0 aliphatic heterocycles. The van der Waals surface area contributed by atoms with Crippen molar-refractivity contribution in [1.29, 1.82) is 0 Å². The first-order valence-electron chi connectivity index (χ1n) is 3.60. The zero-order valence-electron chi connectivity index (χ0n) is 6.55. The van der Waals surface area contributed by atoms with E-state index in [2.05, 4.69) is 19.9 Å². The Balaban J connectivity index is 2.48. The van der Waals surface area contributed by atoms with Crippen LogP contribution in [0, 0.1) is 0 Å². The summed E-state index contributed by atoms with van der Waals surface area (Å²) in [5.74, 6) is 0. The molecule has 0 aromatic carbocycles. The van der Waals surface area contributed by atoms with Crippen LogP contribution in [0.25, 0.3) is 11.4 Å². The average Bonchev–Trinajstić information content (AvgIpc) is 2.19. The minimum atomic E-state index is 0.406. The van der Waals surface area contributed by atoms with Gasteiger partial charge in [0.2, 0.25) is 0 Å². The summed E-state index contributed by atoms with van der Waals surface area (Å²) in [6, 6.07) is 3.42. The molecule has 2 heterocycles. The summed E-state index contributed by atoms with van der Waals surface area (Å²) < 4.78 is 0. The van der Waals surface area contributed by atoms with Crippen LogP contribution in [0.3, 0.4) is 0 Å². The molecule has 0 unspecified atom stereocenters. The molecule has 0 saturated heterocycles. The maximum atomic E-state index is 5.70. The molecule has 0 amide bonds. The smallest absolute Gasteiger partial charge is 0.133 e. The number of hydrogen-bond acceptors (Lipinski definition) is 4. The Morgan fingerprint density at radius 2 is 1.85 bits per heavy atom. The molecule has 0 N–H and O–H groups in total. The van der Waals surface area contributed by atoms with Crippen LogP contribution in [0.5, 0.6) is 0 Å². The molecular weight excluding hydrogens is 188 g/mol. The fraction of sp³-hybridized carbons (Fsp3) is 0.